The van der Waals surface area contributed by atoms with Gasteiger partial charge in [-0.3, -0.25) is 29.3 Å². The Balaban J connectivity index is 0.927. The number of aliphatic imine (C=N–C) groups is 1. The molecule has 0 aromatic heterocycles. The van der Waals surface area contributed by atoms with Crippen LogP contribution in [0.25, 0.3) is 0 Å². The third kappa shape index (κ3) is 23.6. The van der Waals surface area contributed by atoms with Crippen LogP contribution in [0, 0.1) is 0 Å². The maximum atomic E-state index is 13.6. The van der Waals surface area contributed by atoms with Gasteiger partial charge in [0.2, 0.25) is 11.9 Å². The summed E-state index contributed by atoms with van der Waals surface area (Å²) in [4.78, 5) is 107. The molecule has 1 fully saturated rings. The number of benzene rings is 3. The molecule has 80 heavy (non-hydrogen) atoms. The molecule has 0 unspecified atom stereocenters. The lowest BCUT2D eigenvalue weighted by Crippen LogP contribution is -2.49. The number of hydrogen-bond donors (Lipinski definition) is 7. The minimum atomic E-state index is -1.00. The first-order chi connectivity index (χ1) is 37.8. The number of amides is 8. The molecular weight excluding hydrogens is 1040 g/mol. The average Bonchev–Trinajstić information content (AvgIpc) is 4.28. The van der Waals surface area contributed by atoms with Crippen molar-refractivity contribution < 1.29 is 71.5 Å². The summed E-state index contributed by atoms with van der Waals surface area (Å²) in [6.45, 7) is 17.4. The first-order valence-electron chi connectivity index (χ1n) is 26.5. The van der Waals surface area contributed by atoms with Crippen LogP contribution >= 0.6 is 0 Å². The van der Waals surface area contributed by atoms with Gasteiger partial charge >= 0.3 is 18.3 Å². The molecule has 24 nitrogen and oxygen atoms in total. The second kappa shape index (κ2) is 29.9. The minimum absolute atomic E-state index is 0.105. The van der Waals surface area contributed by atoms with Crippen molar-refractivity contribution in [1.29, 1.82) is 0 Å². The fraction of sp³-hybridized carbons (Fsp3) is 0.518. The Bertz CT molecular complexity index is 2640. The molecule has 3 aromatic rings. The molecule has 8 amide bonds. The lowest BCUT2D eigenvalue weighted by Gasteiger charge is -2.24. The van der Waals surface area contributed by atoms with Gasteiger partial charge in [-0.1, -0.05) is 12.1 Å². The summed E-state index contributed by atoms with van der Waals surface area (Å²) in [5.74, 6) is -1.28. The lowest BCUT2D eigenvalue weighted by molar-refractivity contribution is -0.123. The number of ether oxygens (including phenoxy) is 7. The number of carbonyl (C=O) groups is 8. The fourth-order valence-electron chi connectivity index (χ4n) is 7.36. The largest absolute Gasteiger partial charge is 0.482 e. The van der Waals surface area contributed by atoms with Gasteiger partial charge in [-0.05, 0) is 148 Å². The van der Waals surface area contributed by atoms with E-state index >= 15 is 0 Å². The van der Waals surface area contributed by atoms with E-state index in [2.05, 4.69) is 42.2 Å². The number of anilines is 2. The zero-order valence-electron chi connectivity index (χ0n) is 47.1. The van der Waals surface area contributed by atoms with Crippen LogP contribution in [0.2, 0.25) is 0 Å². The Labute approximate surface area is 466 Å². The molecule has 436 valence electrons. The number of guanidine groups is 1. The van der Waals surface area contributed by atoms with Crippen LogP contribution in [0.4, 0.5) is 25.8 Å². The topological polar surface area (TPSA) is 301 Å². The first-order valence-corrected chi connectivity index (χ1v) is 26.5. The molecule has 1 heterocycles. The van der Waals surface area contributed by atoms with E-state index < -0.39 is 47.0 Å². The smallest absolute Gasteiger partial charge is 0.437 e. The molecule has 0 bridgehead atoms. The normalized spacial score (nSPS) is 13.7. The van der Waals surface area contributed by atoms with Crippen molar-refractivity contribution in [2.75, 3.05) is 76.5 Å². The van der Waals surface area contributed by atoms with Crippen LogP contribution in [0.1, 0.15) is 125 Å². The summed E-state index contributed by atoms with van der Waals surface area (Å²) >= 11 is 0. The summed E-state index contributed by atoms with van der Waals surface area (Å²) in [5.41, 5.74) is 0.718. The number of fused-ring (bicyclic) bond motifs is 1. The summed E-state index contributed by atoms with van der Waals surface area (Å²) < 4.78 is 38.1. The Morgan fingerprint density at radius 3 is 1.84 bits per heavy atom. The highest BCUT2D eigenvalue weighted by molar-refractivity contribution is 6.05. The molecule has 1 saturated carbocycles. The zero-order chi connectivity index (χ0) is 58.5. The maximum absolute atomic E-state index is 13.6. The molecule has 7 N–H and O–H groups in total. The first kappa shape index (κ1) is 63.0. The molecule has 5 rings (SSSR count). The Hall–Kier alpha value is -7.83. The molecule has 0 saturated heterocycles. The summed E-state index contributed by atoms with van der Waals surface area (Å²) in [5, 5.41) is 19.0. The number of nitrogens with zero attached hydrogens (tertiary/aromatic N) is 2. The number of carbonyl (C=O) groups excluding carboxylic acids is 8. The number of rotatable bonds is 25. The van der Waals surface area contributed by atoms with E-state index in [1.807, 2.05) is 17.0 Å². The predicted octanol–water partition coefficient (Wildman–Crippen LogP) is 6.05. The van der Waals surface area contributed by atoms with E-state index in [1.54, 1.807) is 117 Å². The second-order valence-corrected chi connectivity index (χ2v) is 21.7. The quantitative estimate of drug-likeness (QED) is 0.0220. The third-order valence-corrected chi connectivity index (χ3v) is 11.1. The van der Waals surface area contributed by atoms with Crippen molar-refractivity contribution in [3.63, 3.8) is 0 Å². The zero-order valence-corrected chi connectivity index (χ0v) is 47.1. The van der Waals surface area contributed by atoms with Gasteiger partial charge in [-0.15, -0.1) is 4.99 Å². The standard InChI is InChI=1S/C56H77N9O15/c1-54(2,3)78-51(71)62-43(11-10-24-59-50(63-52(72)79-55(4,5)6)64-53(73)80-56(7,8)9)48(69)58-26-28-75-30-32-76-31-29-74-27-25-57-46(67)37-16-19-40(20-17-37)60-47(68)38-14-12-36(13-15-38)34-65(41-21-22-41)49(70)39-18-23-42-44(33-39)77-35-45(66)61-42/h12-20,23,33,41,43H,10-11,21-22,24-32,34-35H2,1-9H3,(H,57,67)(H,58,69)(H,60,68)(H,61,66)(H,62,71)(H2,59,63,64,72,73)/t43-/m0/s1. The van der Waals surface area contributed by atoms with E-state index in [1.165, 1.54) is 0 Å². The Morgan fingerprint density at radius 1 is 0.662 bits per heavy atom. The highest BCUT2D eigenvalue weighted by Crippen LogP contribution is 2.33. The van der Waals surface area contributed by atoms with Gasteiger partial charge in [0, 0.05) is 54.6 Å². The molecular formula is C56H77N9O15. The number of hydrogen-bond acceptors (Lipinski definition) is 15. The Morgan fingerprint density at radius 2 is 1.23 bits per heavy atom. The van der Waals surface area contributed by atoms with Crippen molar-refractivity contribution in [1.82, 2.24) is 31.5 Å². The summed E-state index contributed by atoms with van der Waals surface area (Å²) in [6, 6.07) is 17.6. The third-order valence-electron chi connectivity index (χ3n) is 11.1. The van der Waals surface area contributed by atoms with Gasteiger partial charge in [-0.2, -0.15) is 0 Å². The van der Waals surface area contributed by atoms with Gasteiger partial charge in [0.1, 0.15) is 28.6 Å². The number of alkyl carbamates (subject to hydrolysis) is 2. The summed E-state index contributed by atoms with van der Waals surface area (Å²) in [6.07, 6.45) is -0.366. The lowest BCUT2D eigenvalue weighted by atomic mass is 10.1. The molecule has 24 heteroatoms. The van der Waals surface area contributed by atoms with Gasteiger partial charge in [0.05, 0.1) is 45.3 Å². The molecule has 1 atom stereocenters. The Kier molecular flexibility index (Phi) is 23.6. The van der Waals surface area contributed by atoms with Crippen LogP contribution in [-0.2, 0) is 44.6 Å². The molecule has 3 aromatic carbocycles. The highest BCUT2D eigenvalue weighted by atomic mass is 16.6. The van der Waals surface area contributed by atoms with Crippen LogP contribution in [0.15, 0.2) is 71.7 Å². The van der Waals surface area contributed by atoms with Gasteiger partial charge < -0.3 is 70.0 Å². The fourth-order valence-corrected chi connectivity index (χ4v) is 7.36. The van der Waals surface area contributed by atoms with Crippen molar-refractivity contribution in [3.8, 4) is 5.75 Å². The van der Waals surface area contributed by atoms with Crippen molar-refractivity contribution in [3.05, 3.63) is 89.0 Å². The molecule has 1 aliphatic heterocycles. The minimum Gasteiger partial charge on any atom is -0.482 e. The predicted molar refractivity (Wildman–Crippen MR) is 296 cm³/mol. The molecule has 0 spiro atoms. The van der Waals surface area contributed by atoms with E-state index in [0.717, 1.165) is 18.4 Å². The average molecular weight is 1120 g/mol. The van der Waals surface area contributed by atoms with Crippen LogP contribution in [0.3, 0.4) is 0 Å². The number of nitrogens with one attached hydrogen (secondary N) is 7. The highest BCUT2D eigenvalue weighted by Gasteiger charge is 2.34. The maximum Gasteiger partial charge on any atom is 0.437 e. The van der Waals surface area contributed by atoms with Crippen LogP contribution < -0.4 is 42.0 Å². The monoisotopic (exact) mass is 1120 g/mol. The molecule has 1 aliphatic carbocycles. The van der Waals surface area contributed by atoms with E-state index in [4.69, 9.17) is 33.2 Å². The van der Waals surface area contributed by atoms with Gasteiger partial charge in [0.25, 0.3) is 23.6 Å². The van der Waals surface area contributed by atoms with Crippen LogP contribution in [0.5, 0.6) is 5.75 Å². The molecule has 0 radical (unpaired) electrons. The van der Waals surface area contributed by atoms with E-state index in [-0.39, 0.29) is 114 Å². The van der Waals surface area contributed by atoms with Crippen LogP contribution in [-0.4, -0.2) is 153 Å². The van der Waals surface area contributed by atoms with Gasteiger partial charge in [-0.25, -0.2) is 14.4 Å². The molecule has 2 aliphatic rings. The van der Waals surface area contributed by atoms with Crippen molar-refractivity contribution >= 4 is 65.1 Å². The van der Waals surface area contributed by atoms with Gasteiger partial charge in [0.15, 0.2) is 6.61 Å². The van der Waals surface area contributed by atoms with Crippen molar-refractivity contribution in [2.24, 2.45) is 4.99 Å². The van der Waals surface area contributed by atoms with Crippen molar-refractivity contribution in [2.45, 2.75) is 123 Å². The summed E-state index contributed by atoms with van der Waals surface area (Å²) in [7, 11) is 0. The van der Waals surface area contributed by atoms with E-state index in [9.17, 15) is 38.4 Å². The second-order valence-electron chi connectivity index (χ2n) is 21.7. The van der Waals surface area contributed by atoms with E-state index in [0.29, 0.717) is 40.4 Å². The SMILES string of the molecule is CC(C)(C)OC(=O)/N=C(/NCCC[C@H](NC(=O)OC(C)(C)C)C(=O)NCCOCCOCCOCCNC(=O)c1ccc(NC(=O)c2ccc(CN(C(=O)c3ccc4c(c3)OCC(=O)N4)C3CC3)cc2)cc1)NC(=O)OC(C)(C)C.